The van der Waals surface area contributed by atoms with Crippen LogP contribution in [-0.4, -0.2) is 18.9 Å². The zero-order valence-corrected chi connectivity index (χ0v) is 8.68. The first-order valence-corrected chi connectivity index (χ1v) is 4.33. The van der Waals surface area contributed by atoms with E-state index in [1.165, 1.54) is 0 Å². The van der Waals surface area contributed by atoms with Gasteiger partial charge < -0.3 is 16.2 Å². The molecule has 0 aromatic heterocycles. The lowest BCUT2D eigenvalue weighted by molar-refractivity contribution is 0.0516. The van der Waals surface area contributed by atoms with E-state index in [0.717, 1.165) is 6.42 Å². The highest BCUT2D eigenvalue weighted by Crippen LogP contribution is 2.26. The summed E-state index contributed by atoms with van der Waals surface area (Å²) in [6.45, 7) is 9.28. The molecule has 0 aromatic rings. The molecular formula is C9H22N2O. The average molecular weight is 174 g/mol. The molecular weight excluding hydrogens is 152 g/mol. The van der Waals surface area contributed by atoms with Crippen LogP contribution < -0.4 is 11.5 Å². The van der Waals surface area contributed by atoms with Gasteiger partial charge in [-0.3, -0.25) is 0 Å². The van der Waals surface area contributed by atoms with E-state index >= 15 is 0 Å². The molecule has 0 unspecified atom stereocenters. The summed E-state index contributed by atoms with van der Waals surface area (Å²) >= 11 is 0. The van der Waals surface area contributed by atoms with Crippen molar-refractivity contribution >= 4 is 0 Å². The molecule has 0 aliphatic rings. The normalized spacial score (nSPS) is 13.5. The molecule has 0 rings (SSSR count). The molecule has 3 heteroatoms. The van der Waals surface area contributed by atoms with E-state index in [9.17, 15) is 0 Å². The van der Waals surface area contributed by atoms with Crippen LogP contribution in [0.2, 0.25) is 0 Å². The summed E-state index contributed by atoms with van der Waals surface area (Å²) in [5.74, 6) is 0. The van der Waals surface area contributed by atoms with Gasteiger partial charge in [0.2, 0.25) is 0 Å². The van der Waals surface area contributed by atoms with Gasteiger partial charge in [-0.15, -0.1) is 0 Å². The van der Waals surface area contributed by atoms with Crippen molar-refractivity contribution in [3.63, 3.8) is 0 Å². The molecule has 0 aliphatic heterocycles. The van der Waals surface area contributed by atoms with Crippen molar-refractivity contribution in [3.8, 4) is 0 Å². The molecule has 0 heterocycles. The molecule has 0 saturated carbocycles. The molecule has 0 atom stereocenters. The van der Waals surface area contributed by atoms with E-state index in [2.05, 4.69) is 13.8 Å². The molecule has 74 valence electrons. The van der Waals surface area contributed by atoms with Gasteiger partial charge in [-0.1, -0.05) is 13.8 Å². The van der Waals surface area contributed by atoms with Gasteiger partial charge in [0, 0.05) is 5.54 Å². The molecule has 4 N–H and O–H groups in total. The van der Waals surface area contributed by atoms with E-state index in [1.807, 2.05) is 13.8 Å². The Kier molecular flexibility index (Phi) is 4.17. The Morgan fingerprint density at radius 3 is 2.00 bits per heavy atom. The monoisotopic (exact) mass is 174 g/mol. The van der Waals surface area contributed by atoms with Crippen LogP contribution in [0.1, 0.15) is 34.1 Å². The molecule has 12 heavy (non-hydrogen) atoms. The molecule has 3 nitrogen and oxygen atoms in total. The van der Waals surface area contributed by atoms with Crippen LogP contribution in [-0.2, 0) is 4.74 Å². The topological polar surface area (TPSA) is 61.3 Å². The van der Waals surface area contributed by atoms with Crippen LogP contribution in [0.3, 0.4) is 0 Å². The lowest BCUT2D eigenvalue weighted by Gasteiger charge is -2.31. The fourth-order valence-electron chi connectivity index (χ4n) is 1.62. The molecule has 0 radical (unpaired) electrons. The highest BCUT2D eigenvalue weighted by molar-refractivity contribution is 4.81. The van der Waals surface area contributed by atoms with Crippen molar-refractivity contribution < 1.29 is 4.74 Å². The Balaban J connectivity index is 3.86. The maximum atomic E-state index is 5.91. The molecule has 0 fully saturated rings. The summed E-state index contributed by atoms with van der Waals surface area (Å²) in [4.78, 5) is 0. The van der Waals surface area contributed by atoms with E-state index in [1.54, 1.807) is 0 Å². The maximum absolute atomic E-state index is 5.91. The molecule has 0 amide bonds. The number of ether oxygens (including phenoxy) is 1. The first-order valence-electron chi connectivity index (χ1n) is 4.33. The summed E-state index contributed by atoms with van der Waals surface area (Å²) in [5, 5.41) is 0. The van der Waals surface area contributed by atoms with Crippen LogP contribution in [0.25, 0.3) is 0 Å². The standard InChI is InChI=1S/C9H22N2O/c1-8(2,6-12-7-10)5-9(3,4)11/h5-7,10-11H2,1-4H3. The minimum absolute atomic E-state index is 0.109. The minimum Gasteiger partial charge on any atom is -0.366 e. The Bertz CT molecular complexity index is 127. The summed E-state index contributed by atoms with van der Waals surface area (Å²) in [6.07, 6.45) is 0.931. The number of hydrogen-bond acceptors (Lipinski definition) is 3. The second-order valence-corrected chi connectivity index (χ2v) is 4.84. The van der Waals surface area contributed by atoms with E-state index < -0.39 is 0 Å². The van der Waals surface area contributed by atoms with Crippen LogP contribution >= 0.6 is 0 Å². The second-order valence-electron chi connectivity index (χ2n) is 4.84. The van der Waals surface area contributed by atoms with Crippen LogP contribution in [0.4, 0.5) is 0 Å². The lowest BCUT2D eigenvalue weighted by atomic mass is 9.81. The Hall–Kier alpha value is -0.120. The molecule has 0 aliphatic carbocycles. The van der Waals surface area contributed by atoms with Crippen molar-refractivity contribution in [2.24, 2.45) is 16.9 Å². The molecule has 0 aromatic carbocycles. The second kappa shape index (κ2) is 4.21. The van der Waals surface area contributed by atoms with Crippen molar-refractivity contribution in [2.75, 3.05) is 13.3 Å². The molecule has 0 bridgehead atoms. The van der Waals surface area contributed by atoms with Crippen molar-refractivity contribution in [1.29, 1.82) is 0 Å². The summed E-state index contributed by atoms with van der Waals surface area (Å²) in [7, 11) is 0. The largest absolute Gasteiger partial charge is 0.366 e. The third-order valence-corrected chi connectivity index (χ3v) is 1.54. The fraction of sp³-hybridized carbons (Fsp3) is 1.00. The smallest absolute Gasteiger partial charge is 0.0940 e. The van der Waals surface area contributed by atoms with Gasteiger partial charge in [0.1, 0.15) is 0 Å². The van der Waals surface area contributed by atoms with E-state index in [0.29, 0.717) is 6.61 Å². The van der Waals surface area contributed by atoms with Crippen molar-refractivity contribution in [3.05, 3.63) is 0 Å². The maximum Gasteiger partial charge on any atom is 0.0940 e. The number of nitrogens with two attached hydrogens (primary N) is 2. The predicted molar refractivity (Wildman–Crippen MR) is 51.7 cm³/mol. The SMILES string of the molecule is CC(C)(N)CC(C)(C)COCN. The van der Waals surface area contributed by atoms with Gasteiger partial charge in [0.25, 0.3) is 0 Å². The summed E-state index contributed by atoms with van der Waals surface area (Å²) < 4.78 is 5.17. The van der Waals surface area contributed by atoms with Gasteiger partial charge in [0.05, 0.1) is 13.3 Å². The Labute approximate surface area is 75.5 Å². The van der Waals surface area contributed by atoms with Gasteiger partial charge in [-0.2, -0.15) is 0 Å². The zero-order valence-electron chi connectivity index (χ0n) is 8.68. The van der Waals surface area contributed by atoms with Gasteiger partial charge >= 0.3 is 0 Å². The highest BCUT2D eigenvalue weighted by atomic mass is 16.5. The highest BCUT2D eigenvalue weighted by Gasteiger charge is 2.25. The van der Waals surface area contributed by atoms with Gasteiger partial charge in [-0.25, -0.2) is 0 Å². The molecule has 0 spiro atoms. The minimum atomic E-state index is -0.137. The summed E-state index contributed by atoms with van der Waals surface area (Å²) in [5.41, 5.74) is 11.1. The van der Waals surface area contributed by atoms with Crippen molar-refractivity contribution in [2.45, 2.75) is 39.7 Å². The third-order valence-electron chi connectivity index (χ3n) is 1.54. The first-order chi connectivity index (χ1) is 5.27. The van der Waals surface area contributed by atoms with Crippen LogP contribution in [0.5, 0.6) is 0 Å². The first kappa shape index (κ1) is 11.9. The predicted octanol–water partition coefficient (Wildman–Crippen LogP) is 1.07. The Morgan fingerprint density at radius 2 is 1.67 bits per heavy atom. The number of rotatable bonds is 5. The zero-order chi connectivity index (χ0) is 9.83. The average Bonchev–Trinajstić information content (AvgIpc) is 1.78. The fourth-order valence-corrected chi connectivity index (χ4v) is 1.62. The van der Waals surface area contributed by atoms with Gasteiger partial charge in [-0.05, 0) is 25.7 Å². The van der Waals surface area contributed by atoms with Crippen LogP contribution in [0.15, 0.2) is 0 Å². The van der Waals surface area contributed by atoms with Gasteiger partial charge in [0.15, 0.2) is 0 Å². The van der Waals surface area contributed by atoms with E-state index in [4.69, 9.17) is 16.2 Å². The summed E-state index contributed by atoms with van der Waals surface area (Å²) in [6, 6.07) is 0. The third kappa shape index (κ3) is 6.58. The quantitative estimate of drug-likeness (QED) is 0.613. The Morgan fingerprint density at radius 1 is 1.17 bits per heavy atom. The van der Waals surface area contributed by atoms with Crippen LogP contribution in [0, 0.1) is 5.41 Å². The van der Waals surface area contributed by atoms with E-state index in [-0.39, 0.29) is 17.7 Å². The lowest BCUT2D eigenvalue weighted by Crippen LogP contribution is -2.39. The number of hydrogen-bond donors (Lipinski definition) is 2. The van der Waals surface area contributed by atoms with Crippen molar-refractivity contribution in [1.82, 2.24) is 0 Å². The molecule has 0 saturated heterocycles.